The minimum atomic E-state index is -0.383. The lowest BCUT2D eigenvalue weighted by atomic mass is 9.90. The molecule has 2 aliphatic heterocycles. The number of nitrogens with zero attached hydrogens (tertiary/aromatic N) is 4. The summed E-state index contributed by atoms with van der Waals surface area (Å²) in [5, 5.41) is 4.33. The molecule has 1 amide bonds. The van der Waals surface area contributed by atoms with E-state index in [4.69, 9.17) is 4.74 Å². The number of aryl methyl sites for hydroxylation is 1. The van der Waals surface area contributed by atoms with Gasteiger partial charge in [-0.2, -0.15) is 5.10 Å². The third-order valence-corrected chi connectivity index (χ3v) is 6.47. The van der Waals surface area contributed by atoms with Gasteiger partial charge in [0.15, 0.2) is 0 Å². The molecule has 4 heterocycles. The maximum Gasteiger partial charge on any atom is 0.256 e. The van der Waals surface area contributed by atoms with Crippen LogP contribution in [0.5, 0.6) is 5.88 Å². The van der Waals surface area contributed by atoms with Crippen molar-refractivity contribution < 1.29 is 13.9 Å². The molecule has 2 fully saturated rings. The van der Waals surface area contributed by atoms with E-state index in [2.05, 4.69) is 15.0 Å². The molecule has 0 radical (unpaired) electrons. The van der Waals surface area contributed by atoms with E-state index in [9.17, 15) is 9.18 Å². The Morgan fingerprint density at radius 3 is 2.84 bits per heavy atom. The Hall–Kier alpha value is -3.22. The van der Waals surface area contributed by atoms with Crippen LogP contribution in [0.25, 0.3) is 5.69 Å². The summed E-state index contributed by atoms with van der Waals surface area (Å²) >= 11 is 0. The molecule has 160 valence electrons. The van der Waals surface area contributed by atoms with E-state index in [0.717, 1.165) is 43.1 Å². The van der Waals surface area contributed by atoms with E-state index in [1.54, 1.807) is 16.9 Å². The number of carbonyl (C=O) groups excluding carboxylic acids is 1. The highest BCUT2D eigenvalue weighted by molar-refractivity contribution is 5.98. The molecule has 5 rings (SSSR count). The van der Waals surface area contributed by atoms with Gasteiger partial charge in [-0.25, -0.2) is 14.1 Å². The number of rotatable bonds is 5. The fraction of sp³-hybridized carbons (Fsp3) is 0.375. The van der Waals surface area contributed by atoms with Gasteiger partial charge >= 0.3 is 0 Å². The maximum atomic E-state index is 13.8. The van der Waals surface area contributed by atoms with Gasteiger partial charge in [0.05, 0.1) is 24.1 Å². The Kier molecular flexibility index (Phi) is 5.18. The molecule has 0 N–H and O–H groups in total. The van der Waals surface area contributed by atoms with Crippen molar-refractivity contribution in [3.05, 3.63) is 71.9 Å². The molecule has 3 aromatic rings. The van der Waals surface area contributed by atoms with E-state index < -0.39 is 0 Å². The van der Waals surface area contributed by atoms with Gasteiger partial charge in [0.2, 0.25) is 5.88 Å². The number of halogens is 1. The number of hydrogen-bond donors (Lipinski definition) is 0. The molecule has 2 bridgehead atoms. The third-order valence-electron chi connectivity index (χ3n) is 6.47. The summed E-state index contributed by atoms with van der Waals surface area (Å²) in [5.41, 5.74) is 2.53. The van der Waals surface area contributed by atoms with Crippen LogP contribution >= 0.6 is 0 Å². The molecule has 0 spiro atoms. The van der Waals surface area contributed by atoms with E-state index >= 15 is 0 Å². The van der Waals surface area contributed by atoms with Crippen LogP contribution in [0.15, 0.2) is 55.0 Å². The van der Waals surface area contributed by atoms with Crippen molar-refractivity contribution in [3.63, 3.8) is 0 Å². The summed E-state index contributed by atoms with van der Waals surface area (Å²) in [6.45, 7) is 2.47. The van der Waals surface area contributed by atoms with E-state index in [1.165, 1.54) is 6.07 Å². The highest BCUT2D eigenvalue weighted by atomic mass is 19.1. The topological polar surface area (TPSA) is 60.2 Å². The van der Waals surface area contributed by atoms with Crippen LogP contribution in [0.4, 0.5) is 4.39 Å². The molecule has 7 heteroatoms. The van der Waals surface area contributed by atoms with Crippen LogP contribution in [-0.2, 0) is 0 Å². The van der Waals surface area contributed by atoms with Crippen molar-refractivity contribution in [3.8, 4) is 11.6 Å². The smallest absolute Gasteiger partial charge is 0.256 e. The predicted molar refractivity (Wildman–Crippen MR) is 114 cm³/mol. The number of hydrogen-bond acceptors (Lipinski definition) is 4. The number of ether oxygens (including phenoxy) is 1. The van der Waals surface area contributed by atoms with E-state index in [1.807, 2.05) is 37.4 Å². The predicted octanol–water partition coefficient (Wildman–Crippen LogP) is 4.18. The number of amides is 1. The number of piperidine rings is 1. The van der Waals surface area contributed by atoms with Crippen LogP contribution in [0.2, 0.25) is 0 Å². The normalized spacial score (nSPS) is 22.5. The average Bonchev–Trinajstić information content (AvgIpc) is 3.41. The van der Waals surface area contributed by atoms with Crippen molar-refractivity contribution in [1.82, 2.24) is 19.7 Å². The van der Waals surface area contributed by atoms with Crippen LogP contribution in [-0.4, -0.2) is 44.3 Å². The van der Waals surface area contributed by atoms with Crippen molar-refractivity contribution in [2.45, 2.75) is 44.7 Å². The fourth-order valence-electron chi connectivity index (χ4n) is 4.98. The van der Waals surface area contributed by atoms with Crippen molar-refractivity contribution in [2.24, 2.45) is 5.92 Å². The summed E-state index contributed by atoms with van der Waals surface area (Å²) in [6.07, 6.45) is 8.71. The van der Waals surface area contributed by atoms with Gasteiger partial charge < -0.3 is 9.64 Å². The number of fused-ring (bicyclic) bond motifs is 2. The Balaban J connectivity index is 1.38. The highest BCUT2D eigenvalue weighted by Gasteiger charge is 2.45. The lowest BCUT2D eigenvalue weighted by Gasteiger charge is -2.40. The first-order chi connectivity index (χ1) is 15.1. The molecule has 0 aliphatic carbocycles. The molecule has 3 atom stereocenters. The molecule has 6 nitrogen and oxygen atoms in total. The fourth-order valence-corrected chi connectivity index (χ4v) is 4.98. The third kappa shape index (κ3) is 3.80. The number of benzene rings is 1. The average molecular weight is 420 g/mol. The molecule has 1 aromatic carbocycles. The van der Waals surface area contributed by atoms with Crippen LogP contribution in [0.3, 0.4) is 0 Å². The van der Waals surface area contributed by atoms with Gasteiger partial charge in [0.25, 0.3) is 5.91 Å². The molecule has 31 heavy (non-hydrogen) atoms. The molecule has 0 unspecified atom stereocenters. The van der Waals surface area contributed by atoms with Gasteiger partial charge in [0, 0.05) is 36.5 Å². The van der Waals surface area contributed by atoms with Gasteiger partial charge in [-0.05, 0) is 56.9 Å². The summed E-state index contributed by atoms with van der Waals surface area (Å²) in [4.78, 5) is 19.8. The second kappa shape index (κ2) is 8.13. The van der Waals surface area contributed by atoms with Crippen LogP contribution < -0.4 is 4.74 Å². The zero-order valence-corrected chi connectivity index (χ0v) is 17.4. The first-order valence-corrected chi connectivity index (χ1v) is 10.8. The summed E-state index contributed by atoms with van der Waals surface area (Å²) in [7, 11) is 0. The Bertz CT molecular complexity index is 1070. The van der Waals surface area contributed by atoms with Gasteiger partial charge in [-0.15, -0.1) is 0 Å². The summed E-state index contributed by atoms with van der Waals surface area (Å²) < 4.78 is 20.7. The molecular formula is C24H25FN4O2. The van der Waals surface area contributed by atoms with Crippen molar-refractivity contribution in [1.29, 1.82) is 0 Å². The molecule has 2 aliphatic rings. The second-order valence-corrected chi connectivity index (χ2v) is 8.45. The monoisotopic (exact) mass is 420 g/mol. The Morgan fingerprint density at radius 1 is 1.19 bits per heavy atom. The Labute approximate surface area is 180 Å². The van der Waals surface area contributed by atoms with E-state index in [0.29, 0.717) is 18.1 Å². The maximum absolute atomic E-state index is 13.8. The Morgan fingerprint density at radius 2 is 2.06 bits per heavy atom. The number of carbonyl (C=O) groups is 1. The van der Waals surface area contributed by atoms with Crippen LogP contribution in [0.1, 0.15) is 41.6 Å². The lowest BCUT2D eigenvalue weighted by molar-refractivity contribution is 0.0403. The number of pyridine rings is 1. The largest absolute Gasteiger partial charge is 0.477 e. The minimum Gasteiger partial charge on any atom is -0.477 e. The van der Waals surface area contributed by atoms with Gasteiger partial charge in [-0.1, -0.05) is 11.6 Å². The van der Waals surface area contributed by atoms with E-state index in [-0.39, 0.29) is 29.7 Å². The van der Waals surface area contributed by atoms with Gasteiger partial charge in [-0.3, -0.25) is 4.79 Å². The highest BCUT2D eigenvalue weighted by Crippen LogP contribution is 2.40. The van der Waals surface area contributed by atoms with Crippen LogP contribution in [0, 0.1) is 18.7 Å². The summed E-state index contributed by atoms with van der Waals surface area (Å²) in [5.74, 6) is 0.324. The summed E-state index contributed by atoms with van der Waals surface area (Å²) in [6, 6.07) is 11.1. The molecule has 0 saturated carbocycles. The molecular weight excluding hydrogens is 395 g/mol. The zero-order chi connectivity index (χ0) is 21.4. The standard InChI is InChI=1S/C24H25FN4O2/c1-16-3-8-22(28-12-2-11-27-28)20(13-16)24(30)29-19-6-4-17(21(29)9-7-19)15-31-23-10-5-18(25)14-26-23/h2-3,5,8,10-14,17,19,21H,4,6-7,9,15H2,1H3/t17-,19-,21-/m1/s1. The van der Waals surface area contributed by atoms with Crippen molar-refractivity contribution >= 4 is 5.91 Å². The SMILES string of the molecule is Cc1ccc(-n2cccn2)c(C(=O)N2[C@@H]3CC[C@H](COc4ccc(F)cn4)[C@H]2CC3)c1. The quantitative estimate of drug-likeness (QED) is 0.621. The number of aromatic nitrogens is 3. The first-order valence-electron chi connectivity index (χ1n) is 10.8. The second-order valence-electron chi connectivity index (χ2n) is 8.45. The lowest BCUT2D eigenvalue weighted by Crippen LogP contribution is -2.49. The molecule has 2 saturated heterocycles. The first kappa shape index (κ1) is 19.7. The van der Waals surface area contributed by atoms with Crippen molar-refractivity contribution in [2.75, 3.05) is 6.61 Å². The zero-order valence-electron chi connectivity index (χ0n) is 17.4. The molecule has 2 aromatic heterocycles. The van der Waals surface area contributed by atoms with Gasteiger partial charge in [0.1, 0.15) is 5.82 Å². The minimum absolute atomic E-state index is 0.0614.